The Morgan fingerprint density at radius 1 is 1.33 bits per heavy atom. The maximum absolute atomic E-state index is 12.7. The Kier molecular flexibility index (Phi) is 3.22. The van der Waals surface area contributed by atoms with Gasteiger partial charge in [-0.25, -0.2) is 0 Å². The number of carbonyl (C=O) groups is 1. The molecule has 0 spiro atoms. The molecule has 0 aromatic rings. The van der Waals surface area contributed by atoms with Gasteiger partial charge in [-0.05, 0) is 50.9 Å². The first kappa shape index (κ1) is 16.3. The molecule has 0 radical (unpaired) electrons. The molecule has 0 unspecified atom stereocenters. The zero-order valence-electron chi connectivity index (χ0n) is 14.6. The molecule has 0 aromatic carbocycles. The average Bonchev–Trinajstić information content (AvgIpc) is 2.74. The molecular weight excluding hydrogens is 304 g/mol. The molecule has 4 rings (SSSR count). The van der Waals surface area contributed by atoms with E-state index < -0.39 is 34.6 Å². The lowest BCUT2D eigenvalue weighted by Crippen LogP contribution is -2.73. The second-order valence-electron chi connectivity index (χ2n) is 8.80. The van der Waals surface area contributed by atoms with Gasteiger partial charge in [0.25, 0.3) is 0 Å². The second kappa shape index (κ2) is 4.73. The van der Waals surface area contributed by atoms with Crippen LogP contribution < -0.4 is 0 Å². The maximum atomic E-state index is 12.7. The molecule has 3 saturated carbocycles. The third-order valence-electron chi connectivity index (χ3n) is 8.19. The predicted octanol–water partition coefficient (Wildman–Crippen LogP) is 2.60. The van der Waals surface area contributed by atoms with Crippen LogP contribution in [0.15, 0.2) is 24.8 Å². The van der Waals surface area contributed by atoms with E-state index in [1.807, 2.05) is 6.08 Å². The van der Waals surface area contributed by atoms with Crippen LogP contribution in [-0.2, 0) is 9.53 Å². The van der Waals surface area contributed by atoms with Crippen molar-refractivity contribution in [3.05, 3.63) is 24.8 Å². The van der Waals surface area contributed by atoms with E-state index in [0.29, 0.717) is 25.2 Å². The molecule has 24 heavy (non-hydrogen) atoms. The summed E-state index contributed by atoms with van der Waals surface area (Å²) in [4.78, 5) is 12.7. The summed E-state index contributed by atoms with van der Waals surface area (Å²) in [5.74, 6) is 0.349. The van der Waals surface area contributed by atoms with E-state index in [1.54, 1.807) is 6.92 Å². The van der Waals surface area contributed by atoms with Crippen molar-refractivity contribution in [3.8, 4) is 0 Å². The predicted molar refractivity (Wildman–Crippen MR) is 89.9 cm³/mol. The molecule has 3 aliphatic carbocycles. The number of carbonyl (C=O) groups excluding carboxylic acids is 1. The summed E-state index contributed by atoms with van der Waals surface area (Å²) in [6, 6.07) is 0. The van der Waals surface area contributed by atoms with Crippen LogP contribution >= 0.6 is 0 Å². The highest BCUT2D eigenvalue weighted by molar-refractivity contribution is 5.82. The fourth-order valence-corrected chi connectivity index (χ4v) is 6.75. The number of aliphatic hydroxyl groups is 2. The van der Waals surface area contributed by atoms with Crippen LogP contribution in [-0.4, -0.2) is 34.0 Å². The van der Waals surface area contributed by atoms with Gasteiger partial charge in [-0.3, -0.25) is 4.79 Å². The first-order chi connectivity index (χ1) is 11.2. The van der Waals surface area contributed by atoms with E-state index in [2.05, 4.69) is 20.1 Å². The minimum atomic E-state index is -1.31. The van der Waals surface area contributed by atoms with Gasteiger partial charge in [0.2, 0.25) is 0 Å². The molecule has 8 atom stereocenters. The monoisotopic (exact) mass is 332 g/mol. The Labute approximate surface area is 143 Å². The van der Waals surface area contributed by atoms with Crippen LogP contribution in [0.2, 0.25) is 0 Å². The quantitative estimate of drug-likeness (QED) is 0.572. The molecule has 1 heterocycles. The normalized spacial score (nSPS) is 56.2. The average molecular weight is 332 g/mol. The fraction of sp³-hybridized carbons (Fsp3) is 0.750. The van der Waals surface area contributed by atoms with Gasteiger partial charge in [-0.2, -0.15) is 0 Å². The SMILES string of the molecule is C=C[C@@H]1C(=C)CC[C@H]2[C@H]1C[C@H]1OC(=O)[C@@]3(C)[C@H](O)CC[C@@]2(C)[C@@]13O. The maximum Gasteiger partial charge on any atom is 0.317 e. The number of hydrogen-bond acceptors (Lipinski definition) is 4. The molecule has 4 nitrogen and oxygen atoms in total. The minimum absolute atomic E-state index is 0.211. The highest BCUT2D eigenvalue weighted by Gasteiger charge is 2.79. The van der Waals surface area contributed by atoms with Crippen molar-refractivity contribution in [2.45, 2.75) is 63.8 Å². The van der Waals surface area contributed by atoms with Gasteiger partial charge in [0.05, 0.1) is 6.10 Å². The number of aliphatic hydroxyl groups excluding tert-OH is 1. The molecule has 2 N–H and O–H groups in total. The lowest BCUT2D eigenvalue weighted by Gasteiger charge is -2.64. The summed E-state index contributed by atoms with van der Waals surface area (Å²) in [6.07, 6.45) is 4.34. The zero-order valence-corrected chi connectivity index (χ0v) is 14.6. The van der Waals surface area contributed by atoms with E-state index in [9.17, 15) is 15.0 Å². The summed E-state index contributed by atoms with van der Waals surface area (Å²) in [5, 5.41) is 22.4. The summed E-state index contributed by atoms with van der Waals surface area (Å²) in [6.45, 7) is 12.0. The summed E-state index contributed by atoms with van der Waals surface area (Å²) >= 11 is 0. The Hall–Kier alpha value is -1.13. The van der Waals surface area contributed by atoms with Gasteiger partial charge < -0.3 is 14.9 Å². The smallest absolute Gasteiger partial charge is 0.317 e. The Morgan fingerprint density at radius 2 is 2.04 bits per heavy atom. The van der Waals surface area contributed by atoms with Crippen LogP contribution in [0, 0.1) is 28.6 Å². The Morgan fingerprint density at radius 3 is 2.71 bits per heavy atom. The van der Waals surface area contributed by atoms with Crippen LogP contribution in [0.5, 0.6) is 0 Å². The van der Waals surface area contributed by atoms with Crippen molar-refractivity contribution in [3.63, 3.8) is 0 Å². The Bertz CT molecular complexity index is 627. The van der Waals surface area contributed by atoms with E-state index in [4.69, 9.17) is 4.74 Å². The molecule has 1 saturated heterocycles. The van der Waals surface area contributed by atoms with Crippen LogP contribution in [0.3, 0.4) is 0 Å². The van der Waals surface area contributed by atoms with Gasteiger partial charge >= 0.3 is 5.97 Å². The number of hydrogen-bond donors (Lipinski definition) is 2. The molecule has 1 aliphatic heterocycles. The van der Waals surface area contributed by atoms with Gasteiger partial charge in [-0.15, -0.1) is 6.58 Å². The molecule has 4 fully saturated rings. The molecule has 0 aromatic heterocycles. The lowest BCUT2D eigenvalue weighted by atomic mass is 9.40. The van der Waals surface area contributed by atoms with Crippen molar-refractivity contribution in [1.82, 2.24) is 0 Å². The van der Waals surface area contributed by atoms with Gasteiger partial charge in [0.15, 0.2) is 0 Å². The largest absolute Gasteiger partial charge is 0.459 e. The first-order valence-corrected chi connectivity index (χ1v) is 9.13. The van der Waals surface area contributed by atoms with Crippen molar-refractivity contribution < 1.29 is 19.7 Å². The summed E-state index contributed by atoms with van der Waals surface area (Å²) in [7, 11) is 0. The minimum Gasteiger partial charge on any atom is -0.459 e. The molecular formula is C20H28O4. The van der Waals surface area contributed by atoms with Crippen LogP contribution in [0.4, 0.5) is 0 Å². The number of fused-ring (bicyclic) bond motifs is 2. The molecule has 0 bridgehead atoms. The lowest BCUT2D eigenvalue weighted by molar-refractivity contribution is -0.267. The summed E-state index contributed by atoms with van der Waals surface area (Å²) in [5.41, 5.74) is -1.78. The standard InChI is InChI=1S/C20H28O4/c1-5-12-11(2)6-7-14-13(12)10-16-20(23)18(14,3)9-8-15(21)19(20,4)17(22)24-16/h5,12-16,21,23H,1-2,6-10H2,3-4H3/t12-,13+,14+,15-,16-,18-,19-,20+/m1/s1. The first-order valence-electron chi connectivity index (χ1n) is 9.13. The van der Waals surface area contributed by atoms with Gasteiger partial charge in [0.1, 0.15) is 17.1 Å². The van der Waals surface area contributed by atoms with E-state index in [0.717, 1.165) is 12.8 Å². The second-order valence-corrected chi connectivity index (χ2v) is 8.80. The van der Waals surface area contributed by atoms with Crippen molar-refractivity contribution in [2.75, 3.05) is 0 Å². The molecule has 0 amide bonds. The van der Waals surface area contributed by atoms with Crippen molar-refractivity contribution in [1.29, 1.82) is 0 Å². The highest BCUT2D eigenvalue weighted by atomic mass is 16.6. The van der Waals surface area contributed by atoms with Gasteiger partial charge in [0, 0.05) is 11.3 Å². The van der Waals surface area contributed by atoms with Crippen molar-refractivity contribution >= 4 is 5.97 Å². The van der Waals surface area contributed by atoms with Crippen LogP contribution in [0.1, 0.15) is 46.0 Å². The Balaban J connectivity index is 1.87. The highest BCUT2D eigenvalue weighted by Crippen LogP contribution is 2.69. The molecule has 4 aliphatic rings. The van der Waals surface area contributed by atoms with E-state index in [1.165, 1.54) is 5.57 Å². The number of ether oxygens (including phenoxy) is 1. The van der Waals surface area contributed by atoms with E-state index in [-0.39, 0.29) is 11.8 Å². The molecule has 4 heteroatoms. The fourth-order valence-electron chi connectivity index (χ4n) is 6.75. The van der Waals surface area contributed by atoms with E-state index >= 15 is 0 Å². The third-order valence-corrected chi connectivity index (χ3v) is 8.19. The topological polar surface area (TPSA) is 66.8 Å². The van der Waals surface area contributed by atoms with Gasteiger partial charge in [-0.1, -0.05) is 25.2 Å². The van der Waals surface area contributed by atoms with Crippen LogP contribution in [0.25, 0.3) is 0 Å². The number of esters is 1. The van der Waals surface area contributed by atoms with Crippen molar-refractivity contribution in [2.24, 2.45) is 28.6 Å². The summed E-state index contributed by atoms with van der Waals surface area (Å²) < 4.78 is 5.68. The number of allylic oxidation sites excluding steroid dienone is 2. The molecule has 132 valence electrons. The number of rotatable bonds is 1. The third kappa shape index (κ3) is 1.51. The zero-order chi connectivity index (χ0) is 17.5.